The predicted octanol–water partition coefficient (Wildman–Crippen LogP) is 0.927. The number of hydrogen-bond acceptors (Lipinski definition) is 3. The fourth-order valence-electron chi connectivity index (χ4n) is 1.46. The lowest BCUT2D eigenvalue weighted by molar-refractivity contribution is -0.122. The summed E-state index contributed by atoms with van der Waals surface area (Å²) >= 11 is 0. The van der Waals surface area contributed by atoms with Crippen LogP contribution in [-0.2, 0) is 9.59 Å². The van der Waals surface area contributed by atoms with E-state index < -0.39 is 0 Å². The van der Waals surface area contributed by atoms with E-state index in [1.54, 1.807) is 0 Å². The van der Waals surface area contributed by atoms with Gasteiger partial charge in [0.25, 0.3) is 0 Å². The fraction of sp³-hybridized carbons (Fsp3) is 0.846. The molecule has 5 heteroatoms. The molecule has 0 aromatic heterocycles. The number of nitrogens with one attached hydrogen (secondary N) is 2. The molecule has 5 nitrogen and oxygen atoms in total. The summed E-state index contributed by atoms with van der Waals surface area (Å²) in [5.41, 5.74) is 5.37. The molecular formula is C13H27N3O2. The van der Waals surface area contributed by atoms with E-state index in [0.717, 1.165) is 25.7 Å². The quantitative estimate of drug-likeness (QED) is 0.509. The van der Waals surface area contributed by atoms with Crippen LogP contribution in [0.3, 0.4) is 0 Å². The molecule has 106 valence electrons. The zero-order valence-corrected chi connectivity index (χ0v) is 11.6. The minimum atomic E-state index is -0.00668. The van der Waals surface area contributed by atoms with Crippen molar-refractivity contribution in [2.75, 3.05) is 13.1 Å². The second-order valence-corrected chi connectivity index (χ2v) is 4.58. The Labute approximate surface area is 110 Å². The number of rotatable bonds is 10. The summed E-state index contributed by atoms with van der Waals surface area (Å²) in [4.78, 5) is 22.8. The summed E-state index contributed by atoms with van der Waals surface area (Å²) in [6.45, 7) is 5.08. The number of amides is 2. The Hall–Kier alpha value is -1.10. The van der Waals surface area contributed by atoms with Crippen LogP contribution < -0.4 is 16.4 Å². The van der Waals surface area contributed by atoms with Crippen LogP contribution in [0, 0.1) is 0 Å². The minimum Gasteiger partial charge on any atom is -0.356 e. The van der Waals surface area contributed by atoms with Crippen LogP contribution in [0.5, 0.6) is 0 Å². The average molecular weight is 257 g/mol. The van der Waals surface area contributed by atoms with Crippen molar-refractivity contribution >= 4 is 11.8 Å². The monoisotopic (exact) mass is 257 g/mol. The third-order valence-electron chi connectivity index (χ3n) is 2.80. The van der Waals surface area contributed by atoms with Gasteiger partial charge in [-0.3, -0.25) is 9.59 Å². The zero-order valence-electron chi connectivity index (χ0n) is 11.6. The van der Waals surface area contributed by atoms with Gasteiger partial charge in [-0.1, -0.05) is 13.3 Å². The van der Waals surface area contributed by atoms with Crippen LogP contribution in [0.1, 0.15) is 52.4 Å². The van der Waals surface area contributed by atoms with Gasteiger partial charge in [0.15, 0.2) is 0 Å². The summed E-state index contributed by atoms with van der Waals surface area (Å²) in [6.07, 6.45) is 4.59. The van der Waals surface area contributed by atoms with E-state index in [9.17, 15) is 9.59 Å². The highest BCUT2D eigenvalue weighted by Gasteiger charge is 2.06. The molecule has 0 rings (SSSR count). The maximum atomic E-state index is 11.4. The molecule has 0 aliphatic carbocycles. The Morgan fingerprint density at radius 2 is 1.83 bits per heavy atom. The van der Waals surface area contributed by atoms with Crippen LogP contribution in [-0.4, -0.2) is 30.9 Å². The lowest BCUT2D eigenvalue weighted by atomic mass is 10.2. The third-order valence-corrected chi connectivity index (χ3v) is 2.80. The van der Waals surface area contributed by atoms with E-state index in [1.165, 1.54) is 0 Å². The van der Waals surface area contributed by atoms with Gasteiger partial charge < -0.3 is 16.4 Å². The minimum absolute atomic E-state index is 0.00668. The van der Waals surface area contributed by atoms with Crippen LogP contribution in [0.4, 0.5) is 0 Å². The molecule has 0 aromatic carbocycles. The molecule has 0 spiro atoms. The SMILES string of the molecule is CCC(C)NC(=O)CCNC(=O)CCCCCN. The second-order valence-electron chi connectivity index (χ2n) is 4.58. The highest BCUT2D eigenvalue weighted by molar-refractivity contribution is 5.79. The van der Waals surface area contributed by atoms with Gasteiger partial charge in [-0.15, -0.1) is 0 Å². The van der Waals surface area contributed by atoms with Crippen molar-refractivity contribution in [2.45, 2.75) is 58.4 Å². The van der Waals surface area contributed by atoms with Crippen molar-refractivity contribution in [1.82, 2.24) is 10.6 Å². The highest BCUT2D eigenvalue weighted by atomic mass is 16.2. The van der Waals surface area contributed by atoms with Gasteiger partial charge in [0, 0.05) is 25.4 Å². The molecule has 0 aliphatic rings. The maximum Gasteiger partial charge on any atom is 0.221 e. The number of unbranched alkanes of at least 4 members (excludes halogenated alkanes) is 2. The van der Waals surface area contributed by atoms with Crippen LogP contribution in [0.25, 0.3) is 0 Å². The highest BCUT2D eigenvalue weighted by Crippen LogP contribution is 1.98. The van der Waals surface area contributed by atoms with Crippen molar-refractivity contribution in [1.29, 1.82) is 0 Å². The summed E-state index contributed by atoms with van der Waals surface area (Å²) in [5.74, 6) is 0.0103. The molecular weight excluding hydrogens is 230 g/mol. The van der Waals surface area contributed by atoms with Crippen LogP contribution in [0.15, 0.2) is 0 Å². The summed E-state index contributed by atoms with van der Waals surface area (Å²) in [6, 6.07) is 0.199. The van der Waals surface area contributed by atoms with Crippen LogP contribution in [0.2, 0.25) is 0 Å². The topological polar surface area (TPSA) is 84.2 Å². The maximum absolute atomic E-state index is 11.4. The normalized spacial score (nSPS) is 11.9. The molecule has 18 heavy (non-hydrogen) atoms. The summed E-state index contributed by atoms with van der Waals surface area (Å²) < 4.78 is 0. The van der Waals surface area contributed by atoms with E-state index in [1.807, 2.05) is 13.8 Å². The van der Waals surface area contributed by atoms with Crippen molar-refractivity contribution in [3.8, 4) is 0 Å². The Balaban J connectivity index is 3.47. The molecule has 0 bridgehead atoms. The Morgan fingerprint density at radius 1 is 1.11 bits per heavy atom. The Morgan fingerprint density at radius 3 is 2.44 bits per heavy atom. The van der Waals surface area contributed by atoms with Crippen molar-refractivity contribution in [3.63, 3.8) is 0 Å². The van der Waals surface area contributed by atoms with Gasteiger partial charge in [-0.2, -0.15) is 0 Å². The smallest absolute Gasteiger partial charge is 0.221 e. The second kappa shape index (κ2) is 11.0. The molecule has 0 saturated heterocycles. The third kappa shape index (κ3) is 10.1. The van der Waals surface area contributed by atoms with E-state index in [-0.39, 0.29) is 17.9 Å². The summed E-state index contributed by atoms with van der Waals surface area (Å²) in [5, 5.41) is 5.61. The number of hydrogen-bond donors (Lipinski definition) is 3. The zero-order chi connectivity index (χ0) is 13.8. The van der Waals surface area contributed by atoms with Gasteiger partial charge in [0.2, 0.25) is 11.8 Å². The van der Waals surface area contributed by atoms with Gasteiger partial charge in [-0.25, -0.2) is 0 Å². The molecule has 4 N–H and O–H groups in total. The predicted molar refractivity (Wildman–Crippen MR) is 73.0 cm³/mol. The first-order valence-electron chi connectivity index (χ1n) is 6.86. The standard InChI is InChI=1S/C13H27N3O2/c1-3-11(2)16-13(18)8-10-15-12(17)7-5-4-6-9-14/h11H,3-10,14H2,1-2H3,(H,15,17)(H,16,18). The van der Waals surface area contributed by atoms with Gasteiger partial charge in [0.05, 0.1) is 0 Å². The first-order chi connectivity index (χ1) is 8.60. The average Bonchev–Trinajstić information content (AvgIpc) is 2.34. The lowest BCUT2D eigenvalue weighted by Gasteiger charge is -2.11. The first kappa shape index (κ1) is 16.9. The van der Waals surface area contributed by atoms with Gasteiger partial charge >= 0.3 is 0 Å². The van der Waals surface area contributed by atoms with E-state index in [4.69, 9.17) is 5.73 Å². The number of carbonyl (C=O) groups excluding carboxylic acids is 2. The van der Waals surface area contributed by atoms with Crippen molar-refractivity contribution in [3.05, 3.63) is 0 Å². The van der Waals surface area contributed by atoms with Crippen molar-refractivity contribution in [2.24, 2.45) is 5.73 Å². The molecule has 0 fully saturated rings. The van der Waals surface area contributed by atoms with E-state index in [2.05, 4.69) is 10.6 Å². The van der Waals surface area contributed by atoms with Crippen molar-refractivity contribution < 1.29 is 9.59 Å². The van der Waals surface area contributed by atoms with Crippen LogP contribution >= 0.6 is 0 Å². The van der Waals surface area contributed by atoms with Gasteiger partial charge in [0.1, 0.15) is 0 Å². The summed E-state index contributed by atoms with van der Waals surface area (Å²) in [7, 11) is 0. The Kier molecular flexibility index (Phi) is 10.3. The van der Waals surface area contributed by atoms with E-state index in [0.29, 0.717) is 25.9 Å². The molecule has 0 aromatic rings. The van der Waals surface area contributed by atoms with E-state index >= 15 is 0 Å². The Bertz CT molecular complexity index is 244. The molecule has 0 aliphatic heterocycles. The molecule has 0 radical (unpaired) electrons. The molecule has 0 heterocycles. The largest absolute Gasteiger partial charge is 0.356 e. The number of carbonyl (C=O) groups is 2. The fourth-order valence-corrected chi connectivity index (χ4v) is 1.46. The molecule has 0 saturated carbocycles. The molecule has 1 unspecified atom stereocenters. The first-order valence-corrected chi connectivity index (χ1v) is 6.86. The molecule has 1 atom stereocenters. The molecule has 2 amide bonds. The number of nitrogens with two attached hydrogens (primary N) is 1. The lowest BCUT2D eigenvalue weighted by Crippen LogP contribution is -2.35. The van der Waals surface area contributed by atoms with Gasteiger partial charge in [-0.05, 0) is 32.7 Å².